The zero-order valence-electron chi connectivity index (χ0n) is 12.2. The largest absolute Gasteiger partial charge is 0.455 e. The van der Waals surface area contributed by atoms with E-state index in [0.29, 0.717) is 6.42 Å². The molecule has 0 saturated carbocycles. The summed E-state index contributed by atoms with van der Waals surface area (Å²) in [6.07, 6.45) is -1.42. The maximum Gasteiger partial charge on any atom is 0.347 e. The summed E-state index contributed by atoms with van der Waals surface area (Å²) in [7, 11) is -1.94. The van der Waals surface area contributed by atoms with Gasteiger partial charge in [0.1, 0.15) is 11.4 Å². The number of hydrogen-bond donors (Lipinski definition) is 0. The van der Waals surface area contributed by atoms with Crippen molar-refractivity contribution < 1.29 is 32.2 Å². The van der Waals surface area contributed by atoms with Crippen LogP contribution in [0.3, 0.4) is 0 Å². The highest BCUT2D eigenvalue weighted by molar-refractivity contribution is 7.90. The van der Waals surface area contributed by atoms with Crippen LogP contribution in [0, 0.1) is 0 Å². The Morgan fingerprint density at radius 2 is 2.14 bits per heavy atom. The van der Waals surface area contributed by atoms with Gasteiger partial charge in [0.2, 0.25) is 10.0 Å². The predicted molar refractivity (Wildman–Crippen MR) is 73.2 cm³/mol. The van der Waals surface area contributed by atoms with E-state index in [-0.39, 0.29) is 0 Å². The second kappa shape index (κ2) is 5.04. The van der Waals surface area contributed by atoms with E-state index >= 15 is 0 Å². The number of likely N-dealkylation sites (N-methyl/N-ethyl adjacent to an activating group) is 1. The molecule has 3 fully saturated rings. The van der Waals surface area contributed by atoms with Crippen molar-refractivity contribution >= 4 is 22.0 Å². The van der Waals surface area contributed by atoms with Gasteiger partial charge in [0.15, 0.2) is 6.10 Å². The number of hydrogen-bond acceptors (Lipinski definition) is 7. The van der Waals surface area contributed by atoms with Gasteiger partial charge in [-0.05, 0) is 13.3 Å². The summed E-state index contributed by atoms with van der Waals surface area (Å²) in [6.45, 7) is 4.63. The molecule has 0 aromatic carbocycles. The zero-order valence-corrected chi connectivity index (χ0v) is 13.0. The van der Waals surface area contributed by atoms with Crippen molar-refractivity contribution in [1.82, 2.24) is 4.31 Å². The molecule has 3 saturated heterocycles. The summed E-state index contributed by atoms with van der Waals surface area (Å²) in [5, 5.41) is -0.557. The zero-order chi connectivity index (χ0) is 16.2. The Bertz CT molecular complexity index is 630. The SMILES string of the molecule is C=CC(=O)OC(C)C(=O)OC1C2CC3C(O2)C1N(C)S3(=O)=O. The van der Waals surface area contributed by atoms with E-state index in [4.69, 9.17) is 14.2 Å². The standard InChI is InChI=1S/C13H17NO7S/c1-4-9(15)19-6(2)13(16)21-11-7-5-8-12(20-7)10(11)14(3)22(8,17)18/h4,6-8,10-12H,1,5H2,2-3H3. The van der Waals surface area contributed by atoms with Gasteiger partial charge in [-0.3, -0.25) is 0 Å². The Hall–Kier alpha value is -1.45. The second-order valence-electron chi connectivity index (χ2n) is 5.65. The minimum absolute atomic E-state index is 0.312. The van der Waals surface area contributed by atoms with Gasteiger partial charge >= 0.3 is 11.9 Å². The van der Waals surface area contributed by atoms with Gasteiger partial charge in [-0.25, -0.2) is 18.0 Å². The summed E-state index contributed by atoms with van der Waals surface area (Å²) in [5.74, 6) is -1.46. The summed E-state index contributed by atoms with van der Waals surface area (Å²) < 4.78 is 41.4. The molecule has 122 valence electrons. The van der Waals surface area contributed by atoms with Crippen molar-refractivity contribution in [3.8, 4) is 0 Å². The Balaban J connectivity index is 1.71. The first-order chi connectivity index (χ1) is 10.3. The van der Waals surface area contributed by atoms with Gasteiger partial charge in [0.05, 0.1) is 18.2 Å². The molecule has 22 heavy (non-hydrogen) atoms. The molecule has 0 N–H and O–H groups in total. The topological polar surface area (TPSA) is 99.2 Å². The Morgan fingerprint density at radius 3 is 2.77 bits per heavy atom. The highest BCUT2D eigenvalue weighted by Crippen LogP contribution is 2.48. The summed E-state index contributed by atoms with van der Waals surface area (Å²) in [6, 6.07) is -0.514. The highest BCUT2D eigenvalue weighted by atomic mass is 32.2. The second-order valence-corrected chi connectivity index (χ2v) is 7.86. The van der Waals surface area contributed by atoms with Crippen molar-refractivity contribution in [2.45, 2.75) is 49.1 Å². The Kier molecular flexibility index (Phi) is 3.54. The summed E-state index contributed by atoms with van der Waals surface area (Å²) in [4.78, 5) is 23.1. The average molecular weight is 331 g/mol. The molecular formula is C13H17NO7S. The molecule has 0 radical (unpaired) electrons. The van der Waals surface area contributed by atoms with Crippen LogP contribution in [-0.4, -0.2) is 67.4 Å². The lowest BCUT2D eigenvalue weighted by atomic mass is 9.92. The number of esters is 2. The number of carbonyl (C=O) groups is 2. The van der Waals surface area contributed by atoms with Crippen LogP contribution < -0.4 is 0 Å². The smallest absolute Gasteiger partial charge is 0.347 e. The molecule has 0 aliphatic carbocycles. The maximum absolute atomic E-state index is 12.2. The molecule has 0 amide bonds. The molecule has 0 aromatic heterocycles. The van der Waals surface area contributed by atoms with E-state index in [1.807, 2.05) is 0 Å². The van der Waals surface area contributed by atoms with Crippen LogP contribution >= 0.6 is 0 Å². The van der Waals surface area contributed by atoms with Crippen LogP contribution in [0.2, 0.25) is 0 Å². The van der Waals surface area contributed by atoms with E-state index in [2.05, 4.69) is 6.58 Å². The van der Waals surface area contributed by atoms with Gasteiger partial charge in [0.25, 0.3) is 0 Å². The van der Waals surface area contributed by atoms with Gasteiger partial charge in [-0.1, -0.05) is 6.58 Å². The normalized spacial score (nSPS) is 39.5. The molecule has 3 rings (SSSR count). The molecular weight excluding hydrogens is 314 g/mol. The van der Waals surface area contributed by atoms with Gasteiger partial charge in [-0.15, -0.1) is 0 Å². The fraction of sp³-hybridized carbons (Fsp3) is 0.692. The first-order valence-corrected chi connectivity index (χ1v) is 8.43. The number of nitrogens with zero attached hydrogens (tertiary/aromatic N) is 1. The fourth-order valence-electron chi connectivity index (χ4n) is 3.36. The van der Waals surface area contributed by atoms with Gasteiger partial charge < -0.3 is 14.2 Å². The molecule has 8 nitrogen and oxygen atoms in total. The van der Waals surface area contributed by atoms with E-state index in [1.165, 1.54) is 18.3 Å². The number of rotatable bonds is 4. The lowest BCUT2D eigenvalue weighted by Gasteiger charge is -2.26. The molecule has 9 heteroatoms. The minimum atomic E-state index is -3.40. The first kappa shape index (κ1) is 15.4. The molecule has 3 heterocycles. The van der Waals surface area contributed by atoms with Crippen LogP contribution in [0.1, 0.15) is 13.3 Å². The van der Waals surface area contributed by atoms with Crippen LogP contribution in [0.25, 0.3) is 0 Å². The molecule has 2 bridgehead atoms. The van der Waals surface area contributed by atoms with Crippen molar-refractivity contribution in [2.24, 2.45) is 0 Å². The lowest BCUT2D eigenvalue weighted by molar-refractivity contribution is -0.170. The molecule has 3 aliphatic heterocycles. The van der Waals surface area contributed by atoms with E-state index in [9.17, 15) is 18.0 Å². The number of sulfonamides is 1. The molecule has 0 aromatic rings. The number of ether oxygens (including phenoxy) is 3. The Morgan fingerprint density at radius 1 is 1.45 bits per heavy atom. The highest BCUT2D eigenvalue weighted by Gasteiger charge is 2.68. The van der Waals surface area contributed by atoms with E-state index in [1.54, 1.807) is 0 Å². The maximum atomic E-state index is 12.2. The quantitative estimate of drug-likeness (QED) is 0.491. The monoisotopic (exact) mass is 331 g/mol. The van der Waals surface area contributed by atoms with Crippen LogP contribution in [-0.2, 0) is 33.8 Å². The van der Waals surface area contributed by atoms with Crippen molar-refractivity contribution in [2.75, 3.05) is 7.05 Å². The summed E-state index contributed by atoms with van der Waals surface area (Å²) >= 11 is 0. The van der Waals surface area contributed by atoms with Crippen molar-refractivity contribution in [1.29, 1.82) is 0 Å². The third-order valence-corrected chi connectivity index (χ3v) is 6.72. The Labute approximate surface area is 128 Å². The average Bonchev–Trinajstić information content (AvgIpc) is 3.07. The minimum Gasteiger partial charge on any atom is -0.455 e. The molecule has 6 atom stereocenters. The van der Waals surface area contributed by atoms with Crippen LogP contribution in [0.4, 0.5) is 0 Å². The van der Waals surface area contributed by atoms with Crippen LogP contribution in [0.5, 0.6) is 0 Å². The van der Waals surface area contributed by atoms with E-state index < -0.39 is 57.7 Å². The van der Waals surface area contributed by atoms with Gasteiger partial charge in [-0.2, -0.15) is 4.31 Å². The molecule has 0 spiro atoms. The molecule has 3 aliphatic rings. The first-order valence-electron chi connectivity index (χ1n) is 6.93. The molecule has 6 unspecified atom stereocenters. The third kappa shape index (κ3) is 2.07. The third-order valence-electron chi connectivity index (χ3n) is 4.45. The van der Waals surface area contributed by atoms with E-state index in [0.717, 1.165) is 6.08 Å². The van der Waals surface area contributed by atoms with Gasteiger partial charge in [0, 0.05) is 13.1 Å². The van der Waals surface area contributed by atoms with Crippen molar-refractivity contribution in [3.63, 3.8) is 0 Å². The number of carbonyl (C=O) groups excluding carboxylic acids is 2. The van der Waals surface area contributed by atoms with Crippen LogP contribution in [0.15, 0.2) is 12.7 Å². The fourth-order valence-corrected chi connectivity index (χ4v) is 5.36. The number of fused-ring (bicyclic) bond motifs is 1. The lowest BCUT2D eigenvalue weighted by Crippen LogP contribution is -2.47. The summed E-state index contributed by atoms with van der Waals surface area (Å²) in [5.41, 5.74) is 0. The predicted octanol–water partition coefficient (Wildman–Crippen LogP) is -0.801. The van der Waals surface area contributed by atoms with Crippen molar-refractivity contribution in [3.05, 3.63) is 12.7 Å².